The third-order valence-electron chi connectivity index (χ3n) is 5.98. The summed E-state index contributed by atoms with van der Waals surface area (Å²) in [4.78, 5) is 6.54. The summed E-state index contributed by atoms with van der Waals surface area (Å²) in [5, 5.41) is 13.2. The van der Waals surface area contributed by atoms with Gasteiger partial charge in [0.15, 0.2) is 0 Å². The summed E-state index contributed by atoms with van der Waals surface area (Å²) in [6.07, 6.45) is 3.54. The molecule has 0 atom stereocenters. The van der Waals surface area contributed by atoms with E-state index in [2.05, 4.69) is 58.4 Å². The zero-order valence-electron chi connectivity index (χ0n) is 15.3. The number of hydrogen-bond acceptors (Lipinski definition) is 3. The van der Waals surface area contributed by atoms with Gasteiger partial charge in [-0.2, -0.15) is 0 Å². The molecule has 0 bridgehead atoms. The number of rotatable bonds is 3. The number of piperazine rings is 1. The fourth-order valence-electron chi connectivity index (χ4n) is 4.60. The molecule has 4 heteroatoms. The standard InChI is InChI=1S/C23H23N3O/c27-26(17-18-9-11-24-12-10-18)15-13-25(14-16-26)23-21-7-3-1-5-19(21)20-6-2-4-8-22(20)23/h1-12,23H,13-17H2. The lowest BCUT2D eigenvalue weighted by Gasteiger charge is -2.49. The van der Waals surface area contributed by atoms with E-state index >= 15 is 0 Å². The van der Waals surface area contributed by atoms with E-state index in [1.54, 1.807) is 12.4 Å². The van der Waals surface area contributed by atoms with Gasteiger partial charge >= 0.3 is 0 Å². The molecule has 27 heavy (non-hydrogen) atoms. The van der Waals surface area contributed by atoms with E-state index in [0.717, 1.165) is 18.7 Å². The van der Waals surface area contributed by atoms with Gasteiger partial charge in [0.05, 0.1) is 19.1 Å². The number of hydrogen-bond donors (Lipinski definition) is 0. The first-order valence-electron chi connectivity index (χ1n) is 9.62. The van der Waals surface area contributed by atoms with Crippen molar-refractivity contribution in [3.63, 3.8) is 0 Å². The first kappa shape index (κ1) is 16.6. The molecule has 1 aliphatic carbocycles. The molecular weight excluding hydrogens is 334 g/mol. The Bertz CT molecular complexity index is 903. The molecule has 2 heterocycles. The number of aromatic nitrogens is 1. The molecule has 0 N–H and O–H groups in total. The van der Waals surface area contributed by atoms with Crippen molar-refractivity contribution < 1.29 is 4.65 Å². The number of benzene rings is 2. The lowest BCUT2D eigenvalue weighted by Crippen LogP contribution is -2.56. The van der Waals surface area contributed by atoms with Crippen molar-refractivity contribution in [2.24, 2.45) is 0 Å². The highest BCUT2D eigenvalue weighted by atomic mass is 16.5. The summed E-state index contributed by atoms with van der Waals surface area (Å²) < 4.78 is -0.142. The van der Waals surface area contributed by atoms with Gasteiger partial charge in [-0.05, 0) is 34.4 Å². The van der Waals surface area contributed by atoms with Crippen LogP contribution >= 0.6 is 0 Å². The number of pyridine rings is 1. The summed E-state index contributed by atoms with van der Waals surface area (Å²) in [7, 11) is 0. The molecule has 4 nitrogen and oxygen atoms in total. The van der Waals surface area contributed by atoms with Crippen LogP contribution in [-0.2, 0) is 6.54 Å². The van der Waals surface area contributed by atoms with Crippen LogP contribution < -0.4 is 0 Å². The number of fused-ring (bicyclic) bond motifs is 3. The van der Waals surface area contributed by atoms with Crippen molar-refractivity contribution in [1.29, 1.82) is 0 Å². The maximum Gasteiger partial charge on any atom is 0.104 e. The molecule has 1 fully saturated rings. The second-order valence-corrected chi connectivity index (χ2v) is 7.63. The van der Waals surface area contributed by atoms with Crippen molar-refractivity contribution in [3.8, 4) is 11.1 Å². The fourth-order valence-corrected chi connectivity index (χ4v) is 4.60. The van der Waals surface area contributed by atoms with Gasteiger partial charge in [-0.25, -0.2) is 0 Å². The minimum Gasteiger partial charge on any atom is -0.632 e. The van der Waals surface area contributed by atoms with Crippen LogP contribution in [0.4, 0.5) is 0 Å². The zero-order chi connectivity index (χ0) is 18.3. The monoisotopic (exact) mass is 357 g/mol. The fraction of sp³-hybridized carbons (Fsp3) is 0.261. The number of quaternary nitrogens is 1. The molecule has 1 aromatic heterocycles. The summed E-state index contributed by atoms with van der Waals surface area (Å²) >= 11 is 0. The lowest BCUT2D eigenvalue weighted by atomic mass is 10.0. The van der Waals surface area contributed by atoms with Crippen LogP contribution in [0.3, 0.4) is 0 Å². The van der Waals surface area contributed by atoms with Crippen LogP contribution in [-0.4, -0.2) is 40.7 Å². The first-order chi connectivity index (χ1) is 13.2. The Kier molecular flexibility index (Phi) is 4.05. The summed E-state index contributed by atoms with van der Waals surface area (Å²) in [5.74, 6) is 0. The van der Waals surface area contributed by atoms with Crippen LogP contribution in [0.2, 0.25) is 0 Å². The van der Waals surface area contributed by atoms with E-state index in [0.29, 0.717) is 19.6 Å². The van der Waals surface area contributed by atoms with Crippen LogP contribution in [0.25, 0.3) is 11.1 Å². The van der Waals surface area contributed by atoms with Gasteiger partial charge in [0.2, 0.25) is 0 Å². The predicted molar refractivity (Wildman–Crippen MR) is 107 cm³/mol. The Labute approximate surface area is 159 Å². The molecular formula is C23H23N3O. The second kappa shape index (κ2) is 6.57. The quantitative estimate of drug-likeness (QED) is 0.526. The van der Waals surface area contributed by atoms with E-state index < -0.39 is 0 Å². The Hall–Kier alpha value is -2.53. The van der Waals surface area contributed by atoms with Crippen molar-refractivity contribution in [3.05, 3.63) is 95.0 Å². The zero-order valence-corrected chi connectivity index (χ0v) is 15.3. The molecule has 1 aliphatic heterocycles. The minimum absolute atomic E-state index is 0.142. The Balaban J connectivity index is 1.38. The van der Waals surface area contributed by atoms with Gasteiger partial charge in [-0.3, -0.25) is 9.88 Å². The molecule has 5 rings (SSSR count). The normalized spacial score (nSPS) is 18.9. The van der Waals surface area contributed by atoms with E-state index in [4.69, 9.17) is 0 Å². The van der Waals surface area contributed by atoms with Crippen LogP contribution in [0.15, 0.2) is 73.1 Å². The summed E-state index contributed by atoms with van der Waals surface area (Å²) in [6.45, 7) is 3.43. The second-order valence-electron chi connectivity index (χ2n) is 7.63. The van der Waals surface area contributed by atoms with Crippen LogP contribution in [0, 0.1) is 5.21 Å². The SMILES string of the molecule is [O-][N+]1(Cc2ccncc2)CCN(C2c3ccccc3-c3ccccc32)CC1. The Morgan fingerprint density at radius 1 is 0.852 bits per heavy atom. The number of hydroxylamine groups is 3. The van der Waals surface area contributed by atoms with Gasteiger partial charge in [0.1, 0.15) is 6.54 Å². The van der Waals surface area contributed by atoms with E-state index in [1.807, 2.05) is 12.1 Å². The summed E-state index contributed by atoms with van der Waals surface area (Å²) in [5.41, 5.74) is 6.49. The minimum atomic E-state index is -0.142. The molecule has 0 spiro atoms. The van der Waals surface area contributed by atoms with Gasteiger partial charge < -0.3 is 9.85 Å². The maximum atomic E-state index is 13.2. The van der Waals surface area contributed by atoms with Crippen LogP contribution in [0.1, 0.15) is 22.7 Å². The Morgan fingerprint density at radius 3 is 2.00 bits per heavy atom. The molecule has 1 saturated heterocycles. The van der Waals surface area contributed by atoms with Gasteiger partial charge in [-0.1, -0.05) is 48.5 Å². The maximum absolute atomic E-state index is 13.2. The van der Waals surface area contributed by atoms with E-state index in [1.165, 1.54) is 22.3 Å². The molecule has 2 aromatic carbocycles. The third-order valence-corrected chi connectivity index (χ3v) is 5.98. The van der Waals surface area contributed by atoms with Gasteiger partial charge in [-0.15, -0.1) is 0 Å². The van der Waals surface area contributed by atoms with Crippen molar-refractivity contribution in [1.82, 2.24) is 9.88 Å². The van der Waals surface area contributed by atoms with E-state index in [-0.39, 0.29) is 10.7 Å². The molecule has 136 valence electrons. The van der Waals surface area contributed by atoms with Crippen LogP contribution in [0.5, 0.6) is 0 Å². The smallest absolute Gasteiger partial charge is 0.104 e. The summed E-state index contributed by atoms with van der Waals surface area (Å²) in [6, 6.07) is 21.6. The molecule has 3 aromatic rings. The first-order valence-corrected chi connectivity index (χ1v) is 9.62. The largest absolute Gasteiger partial charge is 0.632 e. The van der Waals surface area contributed by atoms with Gasteiger partial charge in [0, 0.05) is 31.0 Å². The van der Waals surface area contributed by atoms with Gasteiger partial charge in [0.25, 0.3) is 0 Å². The highest BCUT2D eigenvalue weighted by molar-refractivity contribution is 5.78. The van der Waals surface area contributed by atoms with Crippen molar-refractivity contribution in [2.75, 3.05) is 26.2 Å². The topological polar surface area (TPSA) is 39.2 Å². The average Bonchev–Trinajstić information content (AvgIpc) is 3.04. The highest BCUT2D eigenvalue weighted by Gasteiger charge is 2.36. The predicted octanol–water partition coefficient (Wildman–Crippen LogP) is 3.98. The molecule has 0 unspecified atom stereocenters. The van der Waals surface area contributed by atoms with Crippen molar-refractivity contribution >= 4 is 0 Å². The van der Waals surface area contributed by atoms with E-state index in [9.17, 15) is 5.21 Å². The highest BCUT2D eigenvalue weighted by Crippen LogP contribution is 2.46. The number of nitrogens with zero attached hydrogens (tertiary/aromatic N) is 3. The molecule has 0 radical (unpaired) electrons. The third kappa shape index (κ3) is 2.96. The molecule has 0 amide bonds. The average molecular weight is 357 g/mol. The Morgan fingerprint density at radius 2 is 1.41 bits per heavy atom. The molecule has 2 aliphatic rings. The molecule has 0 saturated carbocycles. The van der Waals surface area contributed by atoms with Crippen molar-refractivity contribution in [2.45, 2.75) is 12.6 Å². The lowest BCUT2D eigenvalue weighted by molar-refractivity contribution is -0.898.